The van der Waals surface area contributed by atoms with Crippen molar-refractivity contribution in [3.05, 3.63) is 89.7 Å². The minimum Gasteiger partial charge on any atom is -0.487 e. The Balaban J connectivity index is 1.43. The Labute approximate surface area is 175 Å². The van der Waals surface area contributed by atoms with Gasteiger partial charge in [-0.05, 0) is 54.1 Å². The molecule has 6 nitrogen and oxygen atoms in total. The number of nitrogens with one attached hydrogen (secondary N) is 1. The fraction of sp³-hybridized carbons (Fsp3) is 0.208. The van der Waals surface area contributed by atoms with Crippen molar-refractivity contribution in [2.75, 3.05) is 6.61 Å². The summed E-state index contributed by atoms with van der Waals surface area (Å²) in [6.45, 7) is 2.47. The molecule has 0 saturated carbocycles. The summed E-state index contributed by atoms with van der Waals surface area (Å²) in [4.78, 5) is 27.9. The maximum atomic E-state index is 12.1. The predicted molar refractivity (Wildman–Crippen MR) is 113 cm³/mol. The van der Waals surface area contributed by atoms with Gasteiger partial charge in [-0.15, -0.1) is 0 Å². The van der Waals surface area contributed by atoms with E-state index < -0.39 is 0 Å². The fourth-order valence-electron chi connectivity index (χ4n) is 2.73. The van der Waals surface area contributed by atoms with Crippen LogP contribution in [0.4, 0.5) is 0 Å². The molecule has 0 bridgehead atoms. The van der Waals surface area contributed by atoms with Gasteiger partial charge in [0.2, 0.25) is 0 Å². The van der Waals surface area contributed by atoms with Crippen LogP contribution in [0.2, 0.25) is 0 Å². The zero-order valence-electron chi connectivity index (χ0n) is 16.8. The summed E-state index contributed by atoms with van der Waals surface area (Å²) in [7, 11) is 0. The van der Waals surface area contributed by atoms with E-state index in [-0.39, 0.29) is 18.3 Å². The number of pyridine rings is 1. The van der Waals surface area contributed by atoms with Crippen LogP contribution in [0.15, 0.2) is 72.9 Å². The second kappa shape index (κ2) is 10.8. The Kier molecular flexibility index (Phi) is 7.55. The molecule has 0 saturated heterocycles. The number of rotatable bonds is 10. The lowest BCUT2D eigenvalue weighted by Gasteiger charge is -2.10. The number of aromatic nitrogens is 1. The molecule has 0 atom stereocenters. The summed E-state index contributed by atoms with van der Waals surface area (Å²) in [5.74, 6) is 1.10. The van der Waals surface area contributed by atoms with Gasteiger partial charge in [-0.1, -0.05) is 25.1 Å². The second-order valence-corrected chi connectivity index (χ2v) is 6.62. The van der Waals surface area contributed by atoms with Crippen molar-refractivity contribution in [3.63, 3.8) is 0 Å². The smallest absolute Gasteiger partial charge is 0.258 e. The number of benzene rings is 2. The van der Waals surface area contributed by atoms with E-state index in [4.69, 9.17) is 9.47 Å². The molecule has 0 aliphatic rings. The summed E-state index contributed by atoms with van der Waals surface area (Å²) in [5, 5.41) is 2.82. The predicted octanol–water partition coefficient (Wildman–Crippen LogP) is 3.95. The molecular weight excluding hydrogens is 380 g/mol. The Hall–Kier alpha value is -3.67. The first-order valence-electron chi connectivity index (χ1n) is 9.78. The largest absolute Gasteiger partial charge is 0.487 e. The van der Waals surface area contributed by atoms with E-state index in [9.17, 15) is 9.59 Å². The van der Waals surface area contributed by atoms with E-state index >= 15 is 0 Å². The first-order valence-corrected chi connectivity index (χ1v) is 9.78. The highest BCUT2D eigenvalue weighted by Gasteiger charge is 2.06. The number of carbonyl (C=O) groups is 2. The molecule has 1 N–H and O–H groups in total. The monoisotopic (exact) mass is 404 g/mol. The maximum absolute atomic E-state index is 12.1. The molecule has 0 unspecified atom stereocenters. The van der Waals surface area contributed by atoms with Crippen LogP contribution in [0.1, 0.15) is 35.0 Å². The SMILES string of the molecule is CCC(=O)c1ccc(OCC(=O)NCc2cccc(OCc3ccccn3)c2)cc1. The molecule has 3 aromatic rings. The van der Waals surface area contributed by atoms with Crippen LogP contribution in [0, 0.1) is 0 Å². The molecule has 1 aromatic heterocycles. The van der Waals surface area contributed by atoms with Gasteiger partial charge in [0.15, 0.2) is 12.4 Å². The van der Waals surface area contributed by atoms with Crippen molar-refractivity contribution in [1.82, 2.24) is 10.3 Å². The lowest BCUT2D eigenvalue weighted by molar-refractivity contribution is -0.123. The van der Waals surface area contributed by atoms with Gasteiger partial charge in [-0.25, -0.2) is 0 Å². The van der Waals surface area contributed by atoms with Crippen molar-refractivity contribution < 1.29 is 19.1 Å². The Morgan fingerprint density at radius 1 is 0.933 bits per heavy atom. The van der Waals surface area contributed by atoms with Gasteiger partial charge in [-0.3, -0.25) is 14.6 Å². The topological polar surface area (TPSA) is 77.5 Å². The van der Waals surface area contributed by atoms with E-state index in [0.717, 1.165) is 11.3 Å². The van der Waals surface area contributed by atoms with Crippen LogP contribution < -0.4 is 14.8 Å². The molecule has 6 heteroatoms. The minimum atomic E-state index is -0.233. The zero-order chi connectivity index (χ0) is 21.2. The van der Waals surface area contributed by atoms with Crippen molar-refractivity contribution in [2.24, 2.45) is 0 Å². The van der Waals surface area contributed by atoms with Gasteiger partial charge < -0.3 is 14.8 Å². The van der Waals surface area contributed by atoms with Crippen molar-refractivity contribution in [3.8, 4) is 11.5 Å². The zero-order valence-corrected chi connectivity index (χ0v) is 16.8. The summed E-state index contributed by atoms with van der Waals surface area (Å²) in [6.07, 6.45) is 2.18. The number of ketones is 1. The standard InChI is InChI=1S/C24H24N2O4/c1-2-23(27)19-9-11-21(12-10-19)30-17-24(28)26-15-18-6-5-8-22(14-18)29-16-20-7-3-4-13-25-20/h3-14H,2,15-17H2,1H3,(H,26,28). The third kappa shape index (κ3) is 6.44. The lowest BCUT2D eigenvalue weighted by Crippen LogP contribution is -2.28. The average Bonchev–Trinajstić information content (AvgIpc) is 2.81. The first-order chi connectivity index (χ1) is 14.6. The van der Waals surface area contributed by atoms with Crippen LogP contribution >= 0.6 is 0 Å². The van der Waals surface area contributed by atoms with Gasteiger partial charge in [-0.2, -0.15) is 0 Å². The average molecular weight is 404 g/mol. The van der Waals surface area contributed by atoms with E-state index in [1.165, 1.54) is 0 Å². The molecular formula is C24H24N2O4. The van der Waals surface area contributed by atoms with E-state index in [2.05, 4.69) is 10.3 Å². The van der Waals surface area contributed by atoms with E-state index in [1.54, 1.807) is 30.5 Å². The van der Waals surface area contributed by atoms with Gasteiger partial charge in [0.05, 0.1) is 5.69 Å². The Bertz CT molecular complexity index is 972. The van der Waals surface area contributed by atoms with Crippen molar-refractivity contribution >= 4 is 11.7 Å². The third-order valence-electron chi connectivity index (χ3n) is 4.37. The second-order valence-electron chi connectivity index (χ2n) is 6.62. The highest BCUT2D eigenvalue weighted by molar-refractivity contribution is 5.95. The highest BCUT2D eigenvalue weighted by Crippen LogP contribution is 2.15. The van der Waals surface area contributed by atoms with E-state index in [1.807, 2.05) is 49.4 Å². The van der Waals surface area contributed by atoms with Crippen LogP contribution in [0.5, 0.6) is 11.5 Å². The molecule has 1 heterocycles. The summed E-state index contributed by atoms with van der Waals surface area (Å²) in [5.41, 5.74) is 2.41. The minimum absolute atomic E-state index is 0.0746. The molecule has 0 aliphatic heterocycles. The van der Waals surface area contributed by atoms with Gasteiger partial charge in [0.1, 0.15) is 18.1 Å². The molecule has 3 rings (SSSR count). The van der Waals surface area contributed by atoms with Gasteiger partial charge in [0.25, 0.3) is 5.91 Å². The van der Waals surface area contributed by atoms with Crippen LogP contribution in [-0.2, 0) is 17.9 Å². The Morgan fingerprint density at radius 3 is 2.50 bits per heavy atom. The lowest BCUT2D eigenvalue weighted by atomic mass is 10.1. The van der Waals surface area contributed by atoms with Gasteiger partial charge >= 0.3 is 0 Å². The van der Waals surface area contributed by atoms with Crippen LogP contribution in [0.3, 0.4) is 0 Å². The molecule has 1 amide bonds. The molecule has 0 fully saturated rings. The fourth-order valence-corrected chi connectivity index (χ4v) is 2.73. The van der Waals surface area contributed by atoms with Crippen molar-refractivity contribution in [2.45, 2.75) is 26.5 Å². The highest BCUT2D eigenvalue weighted by atomic mass is 16.5. The molecule has 0 aliphatic carbocycles. The Morgan fingerprint density at radius 2 is 1.77 bits per heavy atom. The molecule has 0 spiro atoms. The number of hydrogen-bond acceptors (Lipinski definition) is 5. The first kappa shape index (κ1) is 21.0. The normalized spacial score (nSPS) is 10.3. The maximum Gasteiger partial charge on any atom is 0.258 e. The number of carbonyl (C=O) groups excluding carboxylic acids is 2. The third-order valence-corrected chi connectivity index (χ3v) is 4.37. The van der Waals surface area contributed by atoms with Crippen LogP contribution in [0.25, 0.3) is 0 Å². The number of Topliss-reactive ketones (excluding diaryl/α,β-unsaturated/α-hetero) is 1. The number of hydrogen-bond donors (Lipinski definition) is 1. The number of amides is 1. The summed E-state index contributed by atoms with van der Waals surface area (Å²) in [6, 6.07) is 20.0. The van der Waals surface area contributed by atoms with Crippen LogP contribution in [-0.4, -0.2) is 23.3 Å². The molecule has 30 heavy (non-hydrogen) atoms. The van der Waals surface area contributed by atoms with Crippen molar-refractivity contribution in [1.29, 1.82) is 0 Å². The molecule has 154 valence electrons. The number of nitrogens with zero attached hydrogens (tertiary/aromatic N) is 1. The quantitative estimate of drug-likeness (QED) is 0.518. The summed E-state index contributed by atoms with van der Waals surface area (Å²) >= 11 is 0. The summed E-state index contributed by atoms with van der Waals surface area (Å²) < 4.78 is 11.2. The molecule has 0 radical (unpaired) electrons. The number of ether oxygens (including phenoxy) is 2. The van der Waals surface area contributed by atoms with Gasteiger partial charge in [0, 0.05) is 24.7 Å². The molecule has 2 aromatic carbocycles. The van der Waals surface area contributed by atoms with E-state index in [0.29, 0.717) is 36.6 Å².